The van der Waals surface area contributed by atoms with Crippen molar-refractivity contribution in [2.75, 3.05) is 26.2 Å². The molecular formula is C26H29N3O6. The van der Waals surface area contributed by atoms with E-state index in [-0.39, 0.29) is 23.3 Å². The largest absolute Gasteiger partial charge is 0.493 e. The number of nitro groups is 1. The van der Waals surface area contributed by atoms with Crippen LogP contribution in [0.3, 0.4) is 0 Å². The zero-order chi connectivity index (χ0) is 24.9. The topological polar surface area (TPSA) is 115 Å². The number of benzene rings is 2. The number of piperidine rings is 1. The quantitative estimate of drug-likeness (QED) is 0.225. The maximum Gasteiger partial charge on any atom is 0.339 e. The number of hydrogen-bond donors (Lipinski definition) is 1. The van der Waals surface area contributed by atoms with E-state index in [9.17, 15) is 19.7 Å². The van der Waals surface area contributed by atoms with E-state index in [0.29, 0.717) is 29.1 Å². The third kappa shape index (κ3) is 5.86. The Morgan fingerprint density at radius 1 is 1.14 bits per heavy atom. The fourth-order valence-electron chi connectivity index (χ4n) is 4.30. The monoisotopic (exact) mass is 479 g/mol. The average Bonchev–Trinajstić information content (AvgIpc) is 2.86. The maximum atomic E-state index is 12.4. The highest BCUT2D eigenvalue weighted by Gasteiger charge is 2.21. The summed E-state index contributed by atoms with van der Waals surface area (Å²) in [4.78, 5) is 37.0. The van der Waals surface area contributed by atoms with Gasteiger partial charge in [-0.3, -0.25) is 14.9 Å². The molecule has 0 atom stereocenters. The Hall–Kier alpha value is -3.72. The minimum atomic E-state index is -0.481. The molecule has 2 heterocycles. The van der Waals surface area contributed by atoms with Crippen molar-refractivity contribution >= 4 is 22.6 Å². The molecule has 1 aliphatic rings. The summed E-state index contributed by atoms with van der Waals surface area (Å²) < 4.78 is 11.3. The number of amides is 1. The lowest BCUT2D eigenvalue weighted by Gasteiger charge is -2.32. The summed E-state index contributed by atoms with van der Waals surface area (Å²) in [6, 6.07) is 11.3. The molecule has 184 valence electrons. The Morgan fingerprint density at radius 2 is 1.86 bits per heavy atom. The Balaban J connectivity index is 1.19. The van der Waals surface area contributed by atoms with Gasteiger partial charge < -0.3 is 19.4 Å². The van der Waals surface area contributed by atoms with Crippen molar-refractivity contribution in [3.05, 3.63) is 79.7 Å². The number of aryl methyl sites for hydroxylation is 1. The third-order valence-corrected chi connectivity index (χ3v) is 6.58. The molecule has 35 heavy (non-hydrogen) atoms. The first-order valence-corrected chi connectivity index (χ1v) is 11.8. The van der Waals surface area contributed by atoms with E-state index in [1.165, 1.54) is 24.3 Å². The minimum absolute atomic E-state index is 0.0313. The lowest BCUT2D eigenvalue weighted by atomic mass is 10.0. The molecular weight excluding hydrogens is 450 g/mol. The van der Waals surface area contributed by atoms with Crippen LogP contribution < -0.4 is 15.7 Å². The number of hydrogen-bond acceptors (Lipinski definition) is 7. The second kappa shape index (κ2) is 10.7. The van der Waals surface area contributed by atoms with Crippen LogP contribution in [0.2, 0.25) is 0 Å². The molecule has 0 radical (unpaired) electrons. The van der Waals surface area contributed by atoms with Crippen molar-refractivity contribution in [1.29, 1.82) is 0 Å². The molecule has 1 fully saturated rings. The number of carbonyl (C=O) groups is 1. The molecule has 0 spiro atoms. The van der Waals surface area contributed by atoms with Crippen LogP contribution in [0.1, 0.15) is 40.7 Å². The second-order valence-corrected chi connectivity index (χ2v) is 8.89. The molecule has 0 aliphatic carbocycles. The van der Waals surface area contributed by atoms with Crippen LogP contribution in [0, 0.1) is 24.0 Å². The first-order chi connectivity index (χ1) is 16.8. The van der Waals surface area contributed by atoms with Gasteiger partial charge >= 0.3 is 5.63 Å². The van der Waals surface area contributed by atoms with Gasteiger partial charge in [0.2, 0.25) is 0 Å². The summed E-state index contributed by atoms with van der Waals surface area (Å²) in [6.07, 6.45) is 2.55. The smallest absolute Gasteiger partial charge is 0.339 e. The Morgan fingerprint density at radius 3 is 2.54 bits per heavy atom. The molecule has 9 nitrogen and oxygen atoms in total. The van der Waals surface area contributed by atoms with Gasteiger partial charge in [0.05, 0.1) is 11.5 Å². The van der Waals surface area contributed by atoms with Gasteiger partial charge in [-0.25, -0.2) is 4.79 Å². The second-order valence-electron chi connectivity index (χ2n) is 8.89. The van der Waals surface area contributed by atoms with E-state index in [1.807, 2.05) is 19.1 Å². The number of rotatable bonds is 8. The predicted molar refractivity (Wildman–Crippen MR) is 132 cm³/mol. The van der Waals surface area contributed by atoms with E-state index in [0.717, 1.165) is 49.8 Å². The first kappa shape index (κ1) is 24.4. The van der Waals surface area contributed by atoms with Crippen molar-refractivity contribution in [3.63, 3.8) is 0 Å². The SMILES string of the molecule is Cc1c(C)c2ccc(OCCCN3CCC(NC(=O)c4ccc([N+](=O)[O-])cc4)CC3)cc2oc1=O. The van der Waals surface area contributed by atoms with Crippen LogP contribution in [0.4, 0.5) is 5.69 Å². The molecule has 0 bridgehead atoms. The van der Waals surface area contributed by atoms with Gasteiger partial charge in [-0.05, 0) is 62.9 Å². The van der Waals surface area contributed by atoms with Gasteiger partial charge in [-0.15, -0.1) is 0 Å². The van der Waals surface area contributed by atoms with Crippen LogP contribution in [-0.4, -0.2) is 48.0 Å². The van der Waals surface area contributed by atoms with Crippen LogP contribution in [0.25, 0.3) is 11.0 Å². The predicted octanol–water partition coefficient (Wildman–Crippen LogP) is 3.98. The van der Waals surface area contributed by atoms with Gasteiger partial charge in [0.15, 0.2) is 0 Å². The fourth-order valence-corrected chi connectivity index (χ4v) is 4.30. The summed E-state index contributed by atoms with van der Waals surface area (Å²) >= 11 is 0. The zero-order valence-electron chi connectivity index (χ0n) is 19.9. The van der Waals surface area contributed by atoms with E-state index in [4.69, 9.17) is 9.15 Å². The molecule has 1 N–H and O–H groups in total. The highest BCUT2D eigenvalue weighted by atomic mass is 16.6. The molecule has 1 amide bonds. The van der Waals surface area contributed by atoms with E-state index in [2.05, 4.69) is 10.2 Å². The Labute approximate surface area is 202 Å². The molecule has 0 saturated carbocycles. The van der Waals surface area contributed by atoms with E-state index < -0.39 is 4.92 Å². The maximum absolute atomic E-state index is 12.4. The number of nitrogens with one attached hydrogen (secondary N) is 1. The third-order valence-electron chi connectivity index (χ3n) is 6.58. The van der Waals surface area contributed by atoms with Crippen LogP contribution in [0.5, 0.6) is 5.75 Å². The number of nitro benzene ring substituents is 1. The molecule has 9 heteroatoms. The van der Waals surface area contributed by atoms with Crippen molar-refractivity contribution in [1.82, 2.24) is 10.2 Å². The molecule has 2 aromatic carbocycles. The summed E-state index contributed by atoms with van der Waals surface area (Å²) in [6.45, 7) is 6.89. The number of carbonyl (C=O) groups excluding carboxylic acids is 1. The van der Waals surface area contributed by atoms with Gasteiger partial charge in [-0.2, -0.15) is 0 Å². The summed E-state index contributed by atoms with van der Waals surface area (Å²) in [5.74, 6) is 0.472. The van der Waals surface area contributed by atoms with E-state index >= 15 is 0 Å². The van der Waals surface area contributed by atoms with Gasteiger partial charge in [0, 0.05) is 60.4 Å². The van der Waals surface area contributed by atoms with Crippen LogP contribution in [-0.2, 0) is 0 Å². The number of nitrogens with zero attached hydrogens (tertiary/aromatic N) is 2. The summed E-state index contributed by atoms with van der Waals surface area (Å²) in [5, 5.41) is 14.7. The highest BCUT2D eigenvalue weighted by Crippen LogP contribution is 2.24. The van der Waals surface area contributed by atoms with Crippen molar-refractivity contribution in [3.8, 4) is 5.75 Å². The van der Waals surface area contributed by atoms with Gasteiger partial charge in [-0.1, -0.05) is 0 Å². The molecule has 3 aromatic rings. The molecule has 4 rings (SSSR count). The van der Waals surface area contributed by atoms with E-state index in [1.54, 1.807) is 13.0 Å². The minimum Gasteiger partial charge on any atom is -0.493 e. The van der Waals surface area contributed by atoms with Crippen LogP contribution in [0.15, 0.2) is 51.7 Å². The van der Waals surface area contributed by atoms with Crippen LogP contribution >= 0.6 is 0 Å². The van der Waals surface area contributed by atoms with Crippen molar-refractivity contribution in [2.24, 2.45) is 0 Å². The van der Waals surface area contributed by atoms with Gasteiger partial charge in [0.1, 0.15) is 11.3 Å². The lowest BCUT2D eigenvalue weighted by Crippen LogP contribution is -2.45. The summed E-state index contributed by atoms with van der Waals surface area (Å²) in [5.41, 5.74) is 2.16. The number of likely N-dealkylation sites (tertiary alicyclic amines) is 1. The first-order valence-electron chi connectivity index (χ1n) is 11.8. The lowest BCUT2D eigenvalue weighted by molar-refractivity contribution is -0.384. The zero-order valence-corrected chi connectivity index (χ0v) is 19.9. The number of ether oxygens (including phenoxy) is 1. The Bertz CT molecular complexity index is 1280. The van der Waals surface area contributed by atoms with Crippen molar-refractivity contribution in [2.45, 2.75) is 39.2 Å². The van der Waals surface area contributed by atoms with Crippen molar-refractivity contribution < 1.29 is 18.9 Å². The highest BCUT2D eigenvalue weighted by molar-refractivity contribution is 5.94. The van der Waals surface area contributed by atoms with Gasteiger partial charge in [0.25, 0.3) is 11.6 Å². The fraction of sp³-hybridized carbons (Fsp3) is 0.385. The molecule has 1 saturated heterocycles. The number of non-ortho nitro benzene ring substituents is 1. The normalized spacial score (nSPS) is 14.7. The standard InChI is InChI=1S/C26H29N3O6/c1-17-18(2)26(31)35-24-16-22(8-9-23(17)24)34-15-3-12-28-13-10-20(11-14-28)27-25(30)19-4-6-21(7-5-19)29(32)33/h4-9,16,20H,3,10-15H2,1-2H3,(H,27,30). The average molecular weight is 480 g/mol. The molecule has 1 aliphatic heterocycles. The number of fused-ring (bicyclic) bond motifs is 1. The molecule has 0 unspecified atom stereocenters. The molecule has 1 aromatic heterocycles. The Kier molecular flexibility index (Phi) is 7.45. The summed E-state index contributed by atoms with van der Waals surface area (Å²) in [7, 11) is 0.